The standard InChI is InChI=1S/C27H24N2O5S/c1-17-8-10-18(11-9-17)16-29-22(27(31)34-2)14-20-13-12-19-15-23(26(30)28-24(19)25(20)29)35(32,33)21-6-4-3-5-7-21/h3-11,14-15H,12-13,16H2,1-2H3,(H,28,30). The summed E-state index contributed by atoms with van der Waals surface area (Å²) < 4.78 is 33.2. The third kappa shape index (κ3) is 4.00. The highest BCUT2D eigenvalue weighted by molar-refractivity contribution is 7.91. The number of hydrogen-bond donors (Lipinski definition) is 1. The molecule has 7 nitrogen and oxygen atoms in total. The van der Waals surface area contributed by atoms with Crippen LogP contribution < -0.4 is 5.56 Å². The number of nitrogens with zero attached hydrogens (tertiary/aromatic N) is 1. The fourth-order valence-corrected chi connectivity index (χ4v) is 5.92. The summed E-state index contributed by atoms with van der Waals surface area (Å²) in [5.41, 5.74) is 4.65. The molecule has 0 fully saturated rings. The van der Waals surface area contributed by atoms with Gasteiger partial charge in [-0.2, -0.15) is 0 Å². The molecule has 8 heteroatoms. The number of hydrogen-bond acceptors (Lipinski definition) is 5. The number of aromatic nitrogens is 2. The van der Waals surface area contributed by atoms with Crippen LogP contribution in [0.1, 0.15) is 32.7 Å². The SMILES string of the molecule is COC(=O)c1cc2c(n1Cc1ccc(C)cc1)-c1[nH]c(=O)c(S(=O)(=O)c3ccccc3)cc1CC2. The fraction of sp³-hybridized carbons (Fsp3) is 0.185. The van der Waals surface area contributed by atoms with Gasteiger partial charge in [0.1, 0.15) is 10.6 Å². The van der Waals surface area contributed by atoms with E-state index < -0.39 is 21.4 Å². The Labute approximate surface area is 202 Å². The maximum atomic E-state index is 13.2. The average molecular weight is 489 g/mol. The molecule has 2 heterocycles. The maximum Gasteiger partial charge on any atom is 0.354 e. The molecule has 2 aromatic carbocycles. The Hall–Kier alpha value is -3.91. The van der Waals surface area contributed by atoms with E-state index in [2.05, 4.69) is 4.98 Å². The molecule has 0 spiro atoms. The quantitative estimate of drug-likeness (QED) is 0.430. The predicted molar refractivity (Wildman–Crippen MR) is 131 cm³/mol. The molecule has 0 atom stereocenters. The molecule has 0 unspecified atom stereocenters. The first-order valence-corrected chi connectivity index (χ1v) is 12.7. The lowest BCUT2D eigenvalue weighted by atomic mass is 9.94. The van der Waals surface area contributed by atoms with E-state index in [4.69, 9.17) is 4.74 Å². The van der Waals surface area contributed by atoms with Crippen molar-refractivity contribution in [2.45, 2.75) is 36.1 Å². The zero-order valence-corrected chi connectivity index (χ0v) is 20.2. The van der Waals surface area contributed by atoms with E-state index in [9.17, 15) is 18.0 Å². The van der Waals surface area contributed by atoms with E-state index in [-0.39, 0.29) is 9.79 Å². The monoisotopic (exact) mass is 488 g/mol. The third-order valence-electron chi connectivity index (χ3n) is 6.36. The first-order valence-electron chi connectivity index (χ1n) is 11.2. The van der Waals surface area contributed by atoms with Crippen LogP contribution in [0.4, 0.5) is 0 Å². The normalized spacial score (nSPS) is 12.6. The molecular weight excluding hydrogens is 464 g/mol. The number of ether oxygens (including phenoxy) is 1. The number of aromatic amines is 1. The van der Waals surface area contributed by atoms with Crippen molar-refractivity contribution in [1.29, 1.82) is 0 Å². The molecular formula is C27H24N2O5S. The molecule has 1 aliphatic carbocycles. The number of pyridine rings is 1. The molecule has 0 saturated heterocycles. The summed E-state index contributed by atoms with van der Waals surface area (Å²) in [7, 11) is -2.65. The van der Waals surface area contributed by atoms with Gasteiger partial charge < -0.3 is 14.3 Å². The second kappa shape index (κ2) is 8.70. The summed E-state index contributed by atoms with van der Waals surface area (Å²) in [5.74, 6) is -0.473. The van der Waals surface area contributed by atoms with E-state index in [1.807, 2.05) is 35.8 Å². The van der Waals surface area contributed by atoms with Crippen molar-refractivity contribution in [2.24, 2.45) is 0 Å². The highest BCUT2D eigenvalue weighted by Crippen LogP contribution is 2.36. The van der Waals surface area contributed by atoms with Gasteiger partial charge in [0.05, 0.1) is 23.4 Å². The number of benzene rings is 2. The molecule has 0 bridgehead atoms. The minimum Gasteiger partial charge on any atom is -0.464 e. The Balaban J connectivity index is 1.67. The van der Waals surface area contributed by atoms with Crippen LogP contribution in [-0.4, -0.2) is 31.0 Å². The summed E-state index contributed by atoms with van der Waals surface area (Å²) in [5, 5.41) is 0. The van der Waals surface area contributed by atoms with E-state index in [1.54, 1.807) is 24.3 Å². The van der Waals surface area contributed by atoms with Crippen molar-refractivity contribution in [3.05, 3.63) is 105 Å². The zero-order valence-electron chi connectivity index (χ0n) is 19.4. The van der Waals surface area contributed by atoms with Gasteiger partial charge in [0.15, 0.2) is 0 Å². The van der Waals surface area contributed by atoms with Gasteiger partial charge in [-0.25, -0.2) is 13.2 Å². The lowest BCUT2D eigenvalue weighted by molar-refractivity contribution is 0.0589. The van der Waals surface area contributed by atoms with Crippen molar-refractivity contribution in [2.75, 3.05) is 7.11 Å². The van der Waals surface area contributed by atoms with Crippen molar-refractivity contribution in [1.82, 2.24) is 9.55 Å². The van der Waals surface area contributed by atoms with Gasteiger partial charge in [0.2, 0.25) is 9.84 Å². The summed E-state index contributed by atoms with van der Waals surface area (Å²) in [4.78, 5) is 28.3. The zero-order chi connectivity index (χ0) is 24.7. The fourth-order valence-electron chi connectivity index (χ4n) is 4.56. The number of carbonyl (C=O) groups excluding carboxylic acids is 1. The molecule has 4 aromatic rings. The van der Waals surface area contributed by atoms with Gasteiger partial charge in [-0.1, -0.05) is 48.0 Å². The largest absolute Gasteiger partial charge is 0.464 e. The Morgan fingerprint density at radius 1 is 1.00 bits per heavy atom. The number of methoxy groups -OCH3 is 1. The van der Waals surface area contributed by atoms with Crippen molar-refractivity contribution < 1.29 is 17.9 Å². The number of esters is 1. The summed E-state index contributed by atoms with van der Waals surface area (Å²) in [6.07, 6.45) is 1.13. The molecule has 0 radical (unpaired) electrons. The summed E-state index contributed by atoms with van der Waals surface area (Å²) in [6.45, 7) is 2.40. The van der Waals surface area contributed by atoms with E-state index in [0.717, 1.165) is 16.7 Å². The minimum absolute atomic E-state index is 0.0673. The lowest BCUT2D eigenvalue weighted by Crippen LogP contribution is -2.22. The molecule has 1 aliphatic rings. The first kappa shape index (κ1) is 22.9. The smallest absolute Gasteiger partial charge is 0.354 e. The summed E-state index contributed by atoms with van der Waals surface area (Å²) >= 11 is 0. The van der Waals surface area contributed by atoms with Crippen LogP contribution in [0, 0.1) is 6.92 Å². The highest BCUT2D eigenvalue weighted by atomic mass is 32.2. The van der Waals surface area contributed by atoms with Gasteiger partial charge in [-0.15, -0.1) is 0 Å². The number of aryl methyl sites for hydroxylation is 3. The Morgan fingerprint density at radius 3 is 2.37 bits per heavy atom. The molecule has 35 heavy (non-hydrogen) atoms. The van der Waals surface area contributed by atoms with E-state index in [0.29, 0.717) is 42.0 Å². The first-order chi connectivity index (χ1) is 16.8. The minimum atomic E-state index is -3.98. The van der Waals surface area contributed by atoms with Crippen LogP contribution in [0.2, 0.25) is 0 Å². The number of rotatable bonds is 5. The van der Waals surface area contributed by atoms with Crippen LogP contribution in [0.5, 0.6) is 0 Å². The molecule has 0 amide bonds. The molecule has 178 valence electrons. The van der Waals surface area contributed by atoms with Gasteiger partial charge in [-0.05, 0) is 60.7 Å². The molecule has 0 saturated carbocycles. The van der Waals surface area contributed by atoms with Gasteiger partial charge in [0, 0.05) is 6.54 Å². The highest BCUT2D eigenvalue weighted by Gasteiger charge is 2.30. The topological polar surface area (TPSA) is 98.2 Å². The third-order valence-corrected chi connectivity index (χ3v) is 8.14. The number of H-pyrrole nitrogens is 1. The van der Waals surface area contributed by atoms with Crippen LogP contribution in [0.15, 0.2) is 81.3 Å². The van der Waals surface area contributed by atoms with Gasteiger partial charge in [0.25, 0.3) is 5.56 Å². The second-order valence-corrected chi connectivity index (χ2v) is 10.6. The van der Waals surface area contributed by atoms with Crippen molar-refractivity contribution >= 4 is 15.8 Å². The van der Waals surface area contributed by atoms with Crippen LogP contribution >= 0.6 is 0 Å². The van der Waals surface area contributed by atoms with Gasteiger partial charge in [-0.3, -0.25) is 4.79 Å². The maximum absolute atomic E-state index is 13.2. The molecule has 5 rings (SSSR count). The Kier molecular flexibility index (Phi) is 5.68. The van der Waals surface area contributed by atoms with Gasteiger partial charge >= 0.3 is 5.97 Å². The number of fused-ring (bicyclic) bond motifs is 3. The molecule has 2 aromatic heterocycles. The number of sulfone groups is 1. The van der Waals surface area contributed by atoms with Crippen LogP contribution in [-0.2, 0) is 34.0 Å². The predicted octanol–water partition coefficient (Wildman–Crippen LogP) is 3.92. The van der Waals surface area contributed by atoms with Crippen molar-refractivity contribution in [3.63, 3.8) is 0 Å². The van der Waals surface area contributed by atoms with E-state index in [1.165, 1.54) is 25.3 Å². The Morgan fingerprint density at radius 2 is 1.69 bits per heavy atom. The summed E-state index contributed by atoms with van der Waals surface area (Å²) in [6, 6.07) is 19.2. The molecule has 0 aliphatic heterocycles. The number of carbonyl (C=O) groups is 1. The van der Waals surface area contributed by atoms with Crippen LogP contribution in [0.25, 0.3) is 11.4 Å². The Bertz CT molecular complexity index is 1600. The second-order valence-electron chi connectivity index (χ2n) is 8.65. The average Bonchev–Trinajstić information content (AvgIpc) is 3.23. The van der Waals surface area contributed by atoms with Crippen molar-refractivity contribution in [3.8, 4) is 11.4 Å². The van der Waals surface area contributed by atoms with Crippen LogP contribution in [0.3, 0.4) is 0 Å². The number of nitrogens with one attached hydrogen (secondary N) is 1. The van der Waals surface area contributed by atoms with E-state index >= 15 is 0 Å². The lowest BCUT2D eigenvalue weighted by Gasteiger charge is -2.21. The molecule has 1 N–H and O–H groups in total.